The first-order valence-electron chi connectivity index (χ1n) is 10.9. The van der Waals surface area contributed by atoms with Crippen molar-refractivity contribution in [1.82, 2.24) is 9.97 Å². The summed E-state index contributed by atoms with van der Waals surface area (Å²) in [6, 6.07) is 12.6. The third-order valence-corrected chi connectivity index (χ3v) is 5.92. The first kappa shape index (κ1) is 20.0. The average molecular weight is 397 g/mol. The van der Waals surface area contributed by atoms with Crippen LogP contribution in [-0.4, -0.2) is 47.9 Å². The van der Waals surface area contributed by atoms with Crippen molar-refractivity contribution in [2.75, 3.05) is 29.4 Å². The Kier molecular flexibility index (Phi) is 6.19. The van der Waals surface area contributed by atoms with E-state index in [0.29, 0.717) is 12.0 Å². The van der Waals surface area contributed by atoms with Gasteiger partial charge < -0.3 is 14.5 Å². The highest BCUT2D eigenvalue weighted by molar-refractivity contribution is 5.45. The molecule has 2 aliphatic heterocycles. The van der Waals surface area contributed by atoms with Gasteiger partial charge >= 0.3 is 0 Å². The van der Waals surface area contributed by atoms with Gasteiger partial charge in [-0.2, -0.15) is 4.98 Å². The lowest BCUT2D eigenvalue weighted by atomic mass is 10.0. The number of aromatic nitrogens is 2. The zero-order chi connectivity index (χ0) is 20.2. The van der Waals surface area contributed by atoms with E-state index in [1.807, 2.05) is 0 Å². The highest BCUT2D eigenvalue weighted by atomic mass is 16.5. The SMILES string of the molecule is C[C@@H]1CN(c2cc(=O)[nH]c(N3CCCCCC3Cc3ccccc3)n2)C[C@H](C)O1. The van der Waals surface area contributed by atoms with Gasteiger partial charge in [-0.05, 0) is 38.7 Å². The molecule has 4 rings (SSSR count). The molecule has 2 aliphatic rings. The largest absolute Gasteiger partial charge is 0.372 e. The molecule has 0 radical (unpaired) electrons. The van der Waals surface area contributed by atoms with Gasteiger partial charge in [0.2, 0.25) is 5.95 Å². The lowest BCUT2D eigenvalue weighted by Gasteiger charge is -2.37. The maximum atomic E-state index is 12.5. The molecule has 29 heavy (non-hydrogen) atoms. The van der Waals surface area contributed by atoms with Gasteiger partial charge in [0.15, 0.2) is 0 Å². The van der Waals surface area contributed by atoms with Crippen LogP contribution in [0.5, 0.6) is 0 Å². The lowest BCUT2D eigenvalue weighted by molar-refractivity contribution is -0.00547. The predicted octanol–water partition coefficient (Wildman–Crippen LogP) is 3.38. The monoisotopic (exact) mass is 396 g/mol. The molecular weight excluding hydrogens is 364 g/mol. The molecule has 1 unspecified atom stereocenters. The fourth-order valence-electron chi connectivity index (χ4n) is 4.65. The highest BCUT2D eigenvalue weighted by Gasteiger charge is 2.27. The van der Waals surface area contributed by atoms with Crippen molar-refractivity contribution in [2.24, 2.45) is 0 Å². The maximum absolute atomic E-state index is 12.5. The summed E-state index contributed by atoms with van der Waals surface area (Å²) in [7, 11) is 0. The van der Waals surface area contributed by atoms with E-state index in [1.165, 1.54) is 18.4 Å². The Labute approximate surface area is 172 Å². The molecule has 0 aliphatic carbocycles. The van der Waals surface area contributed by atoms with Gasteiger partial charge in [-0.25, -0.2) is 0 Å². The molecule has 1 aromatic heterocycles. The molecule has 0 amide bonds. The number of benzene rings is 1. The number of hydrogen-bond donors (Lipinski definition) is 1. The first-order chi connectivity index (χ1) is 14.1. The van der Waals surface area contributed by atoms with E-state index < -0.39 is 0 Å². The number of hydrogen-bond acceptors (Lipinski definition) is 5. The maximum Gasteiger partial charge on any atom is 0.254 e. The van der Waals surface area contributed by atoms with Gasteiger partial charge in [-0.3, -0.25) is 9.78 Å². The summed E-state index contributed by atoms with van der Waals surface area (Å²) in [6.07, 6.45) is 5.93. The van der Waals surface area contributed by atoms with Crippen molar-refractivity contribution < 1.29 is 4.74 Å². The summed E-state index contributed by atoms with van der Waals surface area (Å²) < 4.78 is 5.85. The number of rotatable bonds is 4. The van der Waals surface area contributed by atoms with Crippen molar-refractivity contribution in [1.29, 1.82) is 0 Å². The number of ether oxygens (including phenoxy) is 1. The number of anilines is 2. The van der Waals surface area contributed by atoms with E-state index in [9.17, 15) is 4.79 Å². The minimum Gasteiger partial charge on any atom is -0.372 e. The van der Waals surface area contributed by atoms with E-state index in [-0.39, 0.29) is 17.8 Å². The molecule has 3 heterocycles. The highest BCUT2D eigenvalue weighted by Crippen LogP contribution is 2.25. The summed E-state index contributed by atoms with van der Waals surface area (Å²) in [5, 5.41) is 0. The standard InChI is InChI=1S/C23H32N4O2/c1-17-15-26(16-18(2)29-17)21-14-22(28)25-23(24-21)27-12-8-4-7-11-20(27)13-19-9-5-3-6-10-19/h3,5-6,9-10,14,17-18,20H,4,7-8,11-13,15-16H2,1-2H3,(H,24,25,28)/t17-,18+,20?. The van der Waals surface area contributed by atoms with Crippen LogP contribution in [0.2, 0.25) is 0 Å². The summed E-state index contributed by atoms with van der Waals surface area (Å²) in [6.45, 7) is 6.59. The molecule has 3 atom stereocenters. The van der Waals surface area contributed by atoms with Gasteiger partial charge in [0.05, 0.1) is 12.2 Å². The van der Waals surface area contributed by atoms with E-state index in [0.717, 1.165) is 44.7 Å². The van der Waals surface area contributed by atoms with Gasteiger partial charge in [0.1, 0.15) is 5.82 Å². The average Bonchev–Trinajstić information content (AvgIpc) is 2.93. The molecule has 1 aromatic carbocycles. The molecule has 0 saturated carbocycles. The summed E-state index contributed by atoms with van der Waals surface area (Å²) in [5.74, 6) is 1.47. The second-order valence-electron chi connectivity index (χ2n) is 8.48. The van der Waals surface area contributed by atoms with Crippen LogP contribution >= 0.6 is 0 Å². The fourth-order valence-corrected chi connectivity index (χ4v) is 4.65. The molecule has 6 nitrogen and oxygen atoms in total. The van der Waals surface area contributed by atoms with Gasteiger partial charge in [0.25, 0.3) is 5.56 Å². The Morgan fingerprint density at radius 3 is 2.62 bits per heavy atom. The zero-order valence-corrected chi connectivity index (χ0v) is 17.5. The molecular formula is C23H32N4O2. The Hall–Kier alpha value is -2.34. The van der Waals surface area contributed by atoms with Crippen LogP contribution in [0, 0.1) is 0 Å². The van der Waals surface area contributed by atoms with E-state index >= 15 is 0 Å². The molecule has 156 valence electrons. The topological polar surface area (TPSA) is 61.5 Å². The number of nitrogens with zero attached hydrogens (tertiary/aromatic N) is 3. The molecule has 1 N–H and O–H groups in total. The minimum absolute atomic E-state index is 0.0838. The van der Waals surface area contributed by atoms with E-state index in [4.69, 9.17) is 9.72 Å². The van der Waals surface area contributed by atoms with E-state index in [2.05, 4.69) is 59.0 Å². The van der Waals surface area contributed by atoms with Gasteiger partial charge in [-0.15, -0.1) is 0 Å². The van der Waals surface area contributed by atoms with Crippen molar-refractivity contribution in [3.63, 3.8) is 0 Å². The van der Waals surface area contributed by atoms with Crippen LogP contribution < -0.4 is 15.4 Å². The molecule has 6 heteroatoms. The molecule has 2 saturated heterocycles. The van der Waals surface area contributed by atoms with Gasteiger partial charge in [-0.1, -0.05) is 43.2 Å². The normalized spacial score (nSPS) is 25.7. The second kappa shape index (κ2) is 8.99. The van der Waals surface area contributed by atoms with Crippen LogP contribution in [0.25, 0.3) is 0 Å². The third kappa shape index (κ3) is 4.99. The number of morpholine rings is 1. The van der Waals surface area contributed by atoms with Crippen LogP contribution in [-0.2, 0) is 11.2 Å². The molecule has 0 bridgehead atoms. The molecule has 0 spiro atoms. The zero-order valence-electron chi connectivity index (χ0n) is 17.5. The van der Waals surface area contributed by atoms with Crippen molar-refractivity contribution in [3.8, 4) is 0 Å². The van der Waals surface area contributed by atoms with Crippen LogP contribution in [0.4, 0.5) is 11.8 Å². The summed E-state index contributed by atoms with van der Waals surface area (Å²) in [5.41, 5.74) is 1.25. The fraction of sp³-hybridized carbons (Fsp3) is 0.565. The van der Waals surface area contributed by atoms with Crippen molar-refractivity contribution >= 4 is 11.8 Å². The molecule has 2 aromatic rings. The predicted molar refractivity (Wildman–Crippen MR) is 117 cm³/mol. The Balaban J connectivity index is 1.62. The Bertz CT molecular complexity index is 843. The lowest BCUT2D eigenvalue weighted by Crippen LogP contribution is -2.46. The van der Waals surface area contributed by atoms with Crippen LogP contribution in [0.15, 0.2) is 41.2 Å². The van der Waals surface area contributed by atoms with E-state index in [1.54, 1.807) is 6.07 Å². The smallest absolute Gasteiger partial charge is 0.254 e. The van der Waals surface area contributed by atoms with Gasteiger partial charge in [0, 0.05) is 31.7 Å². The minimum atomic E-state index is -0.0838. The van der Waals surface area contributed by atoms with Crippen LogP contribution in [0.3, 0.4) is 0 Å². The Morgan fingerprint density at radius 2 is 1.86 bits per heavy atom. The van der Waals surface area contributed by atoms with Crippen molar-refractivity contribution in [2.45, 2.75) is 64.2 Å². The Morgan fingerprint density at radius 1 is 1.10 bits per heavy atom. The number of nitrogens with one attached hydrogen (secondary N) is 1. The quantitative estimate of drug-likeness (QED) is 0.859. The number of H-pyrrole nitrogens is 1. The van der Waals surface area contributed by atoms with Crippen LogP contribution in [0.1, 0.15) is 45.1 Å². The number of aromatic amines is 1. The first-order valence-corrected chi connectivity index (χ1v) is 10.9. The second-order valence-corrected chi connectivity index (χ2v) is 8.48. The third-order valence-electron chi connectivity index (χ3n) is 5.92. The summed E-state index contributed by atoms with van der Waals surface area (Å²) >= 11 is 0. The summed E-state index contributed by atoms with van der Waals surface area (Å²) in [4.78, 5) is 25.0. The van der Waals surface area contributed by atoms with Crippen molar-refractivity contribution in [3.05, 3.63) is 52.3 Å². The molecule has 2 fully saturated rings.